The number of nitrogens with zero attached hydrogens (tertiary/aromatic N) is 1. The molecule has 2 rings (SSSR count). The number of nitrogens with one attached hydrogen (secondary N) is 1. The monoisotopic (exact) mass is 260 g/mol. The molecule has 6 nitrogen and oxygen atoms in total. The number of benzene rings is 1. The smallest absolute Gasteiger partial charge is 0.269 e. The first-order valence-corrected chi connectivity index (χ1v) is 5.67. The normalized spacial score (nSPS) is 10.1. The van der Waals surface area contributed by atoms with Crippen LogP contribution in [0.2, 0.25) is 0 Å². The van der Waals surface area contributed by atoms with Gasteiger partial charge in [0.05, 0.1) is 24.2 Å². The first-order valence-electron chi connectivity index (χ1n) is 5.67. The van der Waals surface area contributed by atoms with Gasteiger partial charge >= 0.3 is 0 Å². The third-order valence-corrected chi connectivity index (χ3v) is 2.55. The van der Waals surface area contributed by atoms with Crippen LogP contribution in [-0.2, 0) is 17.8 Å². The SMILES string of the molecule is O=C(Cc1ccc([N+](=O)[O-])cc1)NCc1ccco1. The minimum Gasteiger partial charge on any atom is -0.467 e. The summed E-state index contributed by atoms with van der Waals surface area (Å²) in [5.74, 6) is 0.516. The van der Waals surface area contributed by atoms with Crippen molar-refractivity contribution in [2.45, 2.75) is 13.0 Å². The van der Waals surface area contributed by atoms with E-state index in [2.05, 4.69) is 5.32 Å². The van der Waals surface area contributed by atoms with Gasteiger partial charge in [0.15, 0.2) is 0 Å². The van der Waals surface area contributed by atoms with Gasteiger partial charge in [-0.15, -0.1) is 0 Å². The highest BCUT2D eigenvalue weighted by Crippen LogP contribution is 2.12. The number of non-ortho nitro benzene ring substituents is 1. The summed E-state index contributed by atoms with van der Waals surface area (Å²) in [5.41, 5.74) is 0.738. The third-order valence-electron chi connectivity index (χ3n) is 2.55. The van der Waals surface area contributed by atoms with Crippen molar-refractivity contribution in [3.8, 4) is 0 Å². The Labute approximate surface area is 109 Å². The van der Waals surface area contributed by atoms with E-state index < -0.39 is 4.92 Å². The van der Waals surface area contributed by atoms with Crippen molar-refractivity contribution >= 4 is 11.6 Å². The van der Waals surface area contributed by atoms with Gasteiger partial charge in [-0.25, -0.2) is 0 Å². The zero-order chi connectivity index (χ0) is 13.7. The van der Waals surface area contributed by atoms with E-state index in [1.807, 2.05) is 0 Å². The minimum absolute atomic E-state index is 0.0137. The molecule has 0 aliphatic carbocycles. The molecular weight excluding hydrogens is 248 g/mol. The van der Waals surface area contributed by atoms with Crippen LogP contribution in [0.4, 0.5) is 5.69 Å². The van der Waals surface area contributed by atoms with E-state index in [9.17, 15) is 14.9 Å². The molecule has 98 valence electrons. The molecule has 0 atom stereocenters. The number of carbonyl (C=O) groups excluding carboxylic acids is 1. The van der Waals surface area contributed by atoms with Gasteiger partial charge in [0.25, 0.3) is 5.69 Å². The Morgan fingerprint density at radius 1 is 1.26 bits per heavy atom. The molecule has 0 spiro atoms. The zero-order valence-corrected chi connectivity index (χ0v) is 10.0. The number of amides is 1. The number of hydrogen-bond acceptors (Lipinski definition) is 4. The lowest BCUT2D eigenvalue weighted by Gasteiger charge is -2.03. The average Bonchev–Trinajstić information content (AvgIpc) is 2.90. The summed E-state index contributed by atoms with van der Waals surface area (Å²) >= 11 is 0. The van der Waals surface area contributed by atoms with Crippen LogP contribution >= 0.6 is 0 Å². The van der Waals surface area contributed by atoms with Crippen LogP contribution in [0.25, 0.3) is 0 Å². The van der Waals surface area contributed by atoms with Crippen LogP contribution < -0.4 is 5.32 Å². The highest BCUT2D eigenvalue weighted by molar-refractivity contribution is 5.78. The highest BCUT2D eigenvalue weighted by Gasteiger charge is 2.07. The van der Waals surface area contributed by atoms with Crippen LogP contribution in [0.3, 0.4) is 0 Å². The number of furan rings is 1. The van der Waals surface area contributed by atoms with Crippen molar-refractivity contribution in [1.82, 2.24) is 5.32 Å². The Bertz CT molecular complexity index is 561. The maximum atomic E-state index is 11.6. The summed E-state index contributed by atoms with van der Waals surface area (Å²) in [7, 11) is 0. The summed E-state index contributed by atoms with van der Waals surface area (Å²) in [5, 5.41) is 13.2. The first kappa shape index (κ1) is 12.8. The van der Waals surface area contributed by atoms with E-state index in [4.69, 9.17) is 4.42 Å². The molecule has 1 amide bonds. The van der Waals surface area contributed by atoms with Crippen molar-refractivity contribution in [2.24, 2.45) is 0 Å². The van der Waals surface area contributed by atoms with Crippen molar-refractivity contribution in [2.75, 3.05) is 0 Å². The molecule has 1 aromatic carbocycles. The Morgan fingerprint density at radius 3 is 2.58 bits per heavy atom. The molecule has 0 aliphatic rings. The van der Waals surface area contributed by atoms with Crippen LogP contribution in [0.1, 0.15) is 11.3 Å². The summed E-state index contributed by atoms with van der Waals surface area (Å²) in [6.07, 6.45) is 1.72. The van der Waals surface area contributed by atoms with Gasteiger partial charge in [-0.3, -0.25) is 14.9 Å². The predicted octanol–water partition coefficient (Wildman–Crippen LogP) is 2.05. The van der Waals surface area contributed by atoms with E-state index in [1.54, 1.807) is 24.3 Å². The second kappa shape index (κ2) is 5.81. The molecule has 0 aliphatic heterocycles. The molecule has 0 radical (unpaired) electrons. The second-order valence-corrected chi connectivity index (χ2v) is 3.96. The van der Waals surface area contributed by atoms with Crippen molar-refractivity contribution < 1.29 is 14.1 Å². The molecule has 19 heavy (non-hydrogen) atoms. The maximum absolute atomic E-state index is 11.6. The minimum atomic E-state index is -0.471. The van der Waals surface area contributed by atoms with Gasteiger partial charge < -0.3 is 9.73 Å². The Morgan fingerprint density at radius 2 is 2.00 bits per heavy atom. The van der Waals surface area contributed by atoms with Crippen molar-refractivity contribution in [3.05, 3.63) is 64.1 Å². The van der Waals surface area contributed by atoms with E-state index in [0.29, 0.717) is 12.3 Å². The molecule has 0 saturated heterocycles. The van der Waals surface area contributed by atoms with Crippen LogP contribution in [-0.4, -0.2) is 10.8 Å². The molecule has 0 bridgehead atoms. The molecule has 0 unspecified atom stereocenters. The molecule has 1 heterocycles. The third kappa shape index (κ3) is 3.67. The van der Waals surface area contributed by atoms with E-state index in [-0.39, 0.29) is 18.0 Å². The molecular formula is C13H12N2O4. The lowest BCUT2D eigenvalue weighted by Crippen LogP contribution is -2.24. The molecule has 1 N–H and O–H groups in total. The molecule has 1 aromatic heterocycles. The van der Waals surface area contributed by atoms with Gasteiger partial charge in [-0.05, 0) is 17.7 Å². The molecule has 0 fully saturated rings. The zero-order valence-electron chi connectivity index (χ0n) is 10.0. The van der Waals surface area contributed by atoms with E-state index >= 15 is 0 Å². The fraction of sp³-hybridized carbons (Fsp3) is 0.154. The average molecular weight is 260 g/mol. The maximum Gasteiger partial charge on any atom is 0.269 e. The van der Waals surface area contributed by atoms with Gasteiger partial charge in [0.2, 0.25) is 5.91 Å². The quantitative estimate of drug-likeness (QED) is 0.658. The fourth-order valence-electron chi connectivity index (χ4n) is 1.58. The van der Waals surface area contributed by atoms with Gasteiger partial charge in [-0.2, -0.15) is 0 Å². The number of nitro groups is 1. The standard InChI is InChI=1S/C13H12N2O4/c16-13(14-9-12-2-1-7-19-12)8-10-3-5-11(6-4-10)15(17)18/h1-7H,8-9H2,(H,14,16). The second-order valence-electron chi connectivity index (χ2n) is 3.96. The van der Waals surface area contributed by atoms with Crippen molar-refractivity contribution in [3.63, 3.8) is 0 Å². The largest absolute Gasteiger partial charge is 0.467 e. The molecule has 0 saturated carbocycles. The van der Waals surface area contributed by atoms with Crippen LogP contribution in [0.15, 0.2) is 47.1 Å². The number of nitro benzene ring substituents is 1. The summed E-state index contributed by atoms with van der Waals surface area (Å²) in [6, 6.07) is 9.43. The van der Waals surface area contributed by atoms with Crippen molar-refractivity contribution in [1.29, 1.82) is 0 Å². The Kier molecular flexibility index (Phi) is 3.92. The predicted molar refractivity (Wildman–Crippen MR) is 67.4 cm³/mol. The number of hydrogen-bond donors (Lipinski definition) is 1. The van der Waals surface area contributed by atoms with Gasteiger partial charge in [0, 0.05) is 12.1 Å². The topological polar surface area (TPSA) is 85.4 Å². The van der Waals surface area contributed by atoms with Crippen LogP contribution in [0.5, 0.6) is 0 Å². The summed E-state index contributed by atoms with van der Waals surface area (Å²) in [4.78, 5) is 21.7. The van der Waals surface area contributed by atoms with E-state index in [0.717, 1.165) is 5.56 Å². The molecule has 2 aromatic rings. The number of rotatable bonds is 5. The summed E-state index contributed by atoms with van der Waals surface area (Å²) in [6.45, 7) is 0.332. The Balaban J connectivity index is 1.86. The van der Waals surface area contributed by atoms with Crippen LogP contribution in [0, 0.1) is 10.1 Å². The lowest BCUT2D eigenvalue weighted by molar-refractivity contribution is -0.384. The first-order chi connectivity index (χ1) is 9.15. The fourth-order valence-corrected chi connectivity index (χ4v) is 1.58. The summed E-state index contributed by atoms with van der Waals surface area (Å²) < 4.78 is 5.09. The van der Waals surface area contributed by atoms with Gasteiger partial charge in [-0.1, -0.05) is 12.1 Å². The Hall–Kier alpha value is -2.63. The number of carbonyl (C=O) groups is 1. The lowest BCUT2D eigenvalue weighted by atomic mass is 10.1. The van der Waals surface area contributed by atoms with E-state index in [1.165, 1.54) is 18.4 Å². The highest BCUT2D eigenvalue weighted by atomic mass is 16.6. The molecule has 6 heteroatoms. The van der Waals surface area contributed by atoms with Gasteiger partial charge in [0.1, 0.15) is 5.76 Å².